The number of carboxylic acids is 2. The van der Waals surface area contributed by atoms with E-state index in [1.54, 1.807) is 0 Å². The van der Waals surface area contributed by atoms with Crippen molar-refractivity contribution in [2.24, 2.45) is 0 Å². The van der Waals surface area contributed by atoms with Crippen LogP contribution in [0.25, 0.3) is 0 Å². The molecule has 1 aliphatic carbocycles. The Kier molecular flexibility index (Phi) is 7.35. The number of hydrogen-bond donors (Lipinski definition) is 3. The average Bonchev–Trinajstić information content (AvgIpc) is 2.48. The Bertz CT molecular complexity index is 401. The molecule has 0 spiro atoms. The van der Waals surface area contributed by atoms with Crippen LogP contribution in [0.5, 0.6) is 0 Å². The predicted octanol–water partition coefficient (Wildman–Crippen LogP) is 2.26. The summed E-state index contributed by atoms with van der Waals surface area (Å²) in [5.74, 6) is -3.65. The molecule has 2 rings (SSSR count). The van der Waals surface area contributed by atoms with Crippen LogP contribution in [-0.2, 0) is 16.1 Å². The molecule has 0 aromatic heterocycles. The fourth-order valence-electron chi connectivity index (χ4n) is 2.16. The zero-order valence-electron chi connectivity index (χ0n) is 11.4. The monoisotopic (exact) mass is 279 g/mol. The Morgan fingerprint density at radius 3 is 2.05 bits per heavy atom. The molecule has 0 unspecified atom stereocenters. The molecule has 5 nitrogen and oxygen atoms in total. The minimum atomic E-state index is -1.82. The summed E-state index contributed by atoms with van der Waals surface area (Å²) in [5.41, 5.74) is 1.40. The van der Waals surface area contributed by atoms with Gasteiger partial charge in [-0.1, -0.05) is 49.6 Å². The van der Waals surface area contributed by atoms with Crippen LogP contribution in [0.2, 0.25) is 0 Å². The highest BCUT2D eigenvalue weighted by Gasteiger charge is 2.11. The van der Waals surface area contributed by atoms with Gasteiger partial charge in [-0.2, -0.15) is 0 Å². The highest BCUT2D eigenvalue weighted by atomic mass is 16.4. The Labute approximate surface area is 118 Å². The van der Waals surface area contributed by atoms with Crippen molar-refractivity contribution in [2.75, 3.05) is 0 Å². The molecule has 1 aromatic carbocycles. The maximum Gasteiger partial charge on any atom is 0.414 e. The SMILES string of the molecule is O=C(O)C(=O)O.c1ccc(CNC2CCCCC2)cc1. The molecule has 3 N–H and O–H groups in total. The highest BCUT2D eigenvalue weighted by molar-refractivity contribution is 6.27. The Balaban J connectivity index is 0.000000286. The Morgan fingerprint density at radius 1 is 1.00 bits per heavy atom. The summed E-state index contributed by atoms with van der Waals surface area (Å²) in [4.78, 5) is 18.2. The van der Waals surface area contributed by atoms with Gasteiger partial charge in [-0.15, -0.1) is 0 Å². The van der Waals surface area contributed by atoms with Crippen LogP contribution < -0.4 is 5.32 Å². The second kappa shape index (κ2) is 9.09. The molecule has 110 valence electrons. The van der Waals surface area contributed by atoms with E-state index < -0.39 is 11.9 Å². The van der Waals surface area contributed by atoms with Gasteiger partial charge < -0.3 is 15.5 Å². The zero-order chi connectivity index (χ0) is 14.8. The van der Waals surface area contributed by atoms with E-state index >= 15 is 0 Å². The molecule has 1 saturated carbocycles. The van der Waals surface area contributed by atoms with Crippen LogP contribution in [0.15, 0.2) is 30.3 Å². The summed E-state index contributed by atoms with van der Waals surface area (Å²) in [6.45, 7) is 1.03. The quantitative estimate of drug-likeness (QED) is 0.739. The summed E-state index contributed by atoms with van der Waals surface area (Å²) in [6.07, 6.45) is 6.99. The normalized spacial score (nSPS) is 15.0. The summed E-state index contributed by atoms with van der Waals surface area (Å²) < 4.78 is 0. The molecular formula is C15H21NO4. The van der Waals surface area contributed by atoms with Crippen molar-refractivity contribution in [1.82, 2.24) is 5.32 Å². The van der Waals surface area contributed by atoms with Gasteiger partial charge in [0.1, 0.15) is 0 Å². The van der Waals surface area contributed by atoms with Gasteiger partial charge in [0.15, 0.2) is 0 Å². The van der Waals surface area contributed by atoms with E-state index in [9.17, 15) is 0 Å². The van der Waals surface area contributed by atoms with Crippen LogP contribution in [0, 0.1) is 0 Å². The number of carboxylic acid groups (broad SMARTS) is 2. The van der Waals surface area contributed by atoms with Gasteiger partial charge in [-0.25, -0.2) is 9.59 Å². The van der Waals surface area contributed by atoms with Crippen LogP contribution in [-0.4, -0.2) is 28.2 Å². The van der Waals surface area contributed by atoms with Crippen LogP contribution >= 0.6 is 0 Å². The third kappa shape index (κ3) is 6.89. The molecule has 0 saturated heterocycles. The van der Waals surface area contributed by atoms with Crippen molar-refractivity contribution in [1.29, 1.82) is 0 Å². The number of benzene rings is 1. The molecule has 1 aromatic rings. The van der Waals surface area contributed by atoms with Crippen molar-refractivity contribution in [3.05, 3.63) is 35.9 Å². The summed E-state index contributed by atoms with van der Waals surface area (Å²) >= 11 is 0. The van der Waals surface area contributed by atoms with Gasteiger partial charge in [-0.3, -0.25) is 0 Å². The van der Waals surface area contributed by atoms with E-state index in [2.05, 4.69) is 35.6 Å². The van der Waals surface area contributed by atoms with Crippen LogP contribution in [0.1, 0.15) is 37.7 Å². The third-order valence-corrected chi connectivity index (χ3v) is 3.23. The number of rotatable bonds is 3. The highest BCUT2D eigenvalue weighted by Crippen LogP contribution is 2.17. The van der Waals surface area contributed by atoms with E-state index in [4.69, 9.17) is 19.8 Å². The topological polar surface area (TPSA) is 86.6 Å². The molecule has 20 heavy (non-hydrogen) atoms. The number of aliphatic carboxylic acids is 2. The van der Waals surface area contributed by atoms with Gasteiger partial charge in [-0.05, 0) is 18.4 Å². The first-order valence-electron chi connectivity index (χ1n) is 6.83. The smallest absolute Gasteiger partial charge is 0.414 e. The third-order valence-electron chi connectivity index (χ3n) is 3.23. The summed E-state index contributed by atoms with van der Waals surface area (Å²) in [5, 5.41) is 18.4. The maximum absolute atomic E-state index is 9.10. The molecule has 0 heterocycles. The summed E-state index contributed by atoms with van der Waals surface area (Å²) in [7, 11) is 0. The first-order valence-corrected chi connectivity index (χ1v) is 6.83. The molecule has 0 atom stereocenters. The first kappa shape index (κ1) is 16.2. The van der Waals surface area contributed by atoms with E-state index in [0.29, 0.717) is 0 Å². The lowest BCUT2D eigenvalue weighted by atomic mass is 9.95. The van der Waals surface area contributed by atoms with Gasteiger partial charge in [0.2, 0.25) is 0 Å². The van der Waals surface area contributed by atoms with E-state index in [1.807, 2.05) is 0 Å². The molecule has 0 aliphatic heterocycles. The molecule has 5 heteroatoms. The van der Waals surface area contributed by atoms with Crippen molar-refractivity contribution in [3.63, 3.8) is 0 Å². The zero-order valence-corrected chi connectivity index (χ0v) is 11.4. The van der Waals surface area contributed by atoms with Crippen LogP contribution in [0.3, 0.4) is 0 Å². The molecule has 1 aliphatic rings. The molecular weight excluding hydrogens is 258 g/mol. The van der Waals surface area contributed by atoms with Gasteiger partial charge >= 0.3 is 11.9 Å². The number of hydrogen-bond acceptors (Lipinski definition) is 3. The van der Waals surface area contributed by atoms with Crippen molar-refractivity contribution in [3.8, 4) is 0 Å². The van der Waals surface area contributed by atoms with Gasteiger partial charge in [0.05, 0.1) is 0 Å². The minimum absolute atomic E-state index is 0.768. The molecule has 0 amide bonds. The summed E-state index contributed by atoms with van der Waals surface area (Å²) in [6, 6.07) is 11.4. The molecule has 0 bridgehead atoms. The predicted molar refractivity (Wildman–Crippen MR) is 75.4 cm³/mol. The van der Waals surface area contributed by atoms with Crippen molar-refractivity contribution >= 4 is 11.9 Å². The second-order valence-electron chi connectivity index (χ2n) is 4.81. The van der Waals surface area contributed by atoms with Crippen molar-refractivity contribution < 1.29 is 19.8 Å². The largest absolute Gasteiger partial charge is 0.473 e. The fraction of sp³-hybridized carbons (Fsp3) is 0.467. The standard InChI is InChI=1S/C13H19N.C2H2O4/c1-3-7-12(8-4-1)11-14-13-9-5-2-6-10-13;3-1(4)2(5)6/h1,3-4,7-8,13-14H,2,5-6,9-11H2;(H,3,4)(H,5,6). The maximum atomic E-state index is 9.10. The van der Waals surface area contributed by atoms with E-state index in [1.165, 1.54) is 37.7 Å². The van der Waals surface area contributed by atoms with Crippen molar-refractivity contribution in [2.45, 2.75) is 44.7 Å². The average molecular weight is 279 g/mol. The lowest BCUT2D eigenvalue weighted by molar-refractivity contribution is -0.159. The van der Waals surface area contributed by atoms with Gasteiger partial charge in [0.25, 0.3) is 0 Å². The number of carbonyl (C=O) groups is 2. The van der Waals surface area contributed by atoms with E-state index in [-0.39, 0.29) is 0 Å². The fourth-order valence-corrected chi connectivity index (χ4v) is 2.16. The lowest BCUT2D eigenvalue weighted by Gasteiger charge is -2.22. The first-order chi connectivity index (χ1) is 9.59. The van der Waals surface area contributed by atoms with Crippen LogP contribution in [0.4, 0.5) is 0 Å². The second-order valence-corrected chi connectivity index (χ2v) is 4.81. The molecule has 0 radical (unpaired) electrons. The minimum Gasteiger partial charge on any atom is -0.473 e. The Hall–Kier alpha value is -1.88. The number of nitrogens with one attached hydrogen (secondary N) is 1. The molecule has 1 fully saturated rings. The van der Waals surface area contributed by atoms with E-state index in [0.717, 1.165) is 12.6 Å². The Morgan fingerprint density at radius 2 is 1.55 bits per heavy atom. The lowest BCUT2D eigenvalue weighted by Crippen LogP contribution is -2.30. The van der Waals surface area contributed by atoms with Gasteiger partial charge in [0, 0.05) is 12.6 Å².